The molecule has 80 valence electrons. The Balaban J connectivity index is 2.47. The van der Waals surface area contributed by atoms with E-state index in [0.717, 1.165) is 5.69 Å². The fraction of sp³-hybridized carbons (Fsp3) is 0.200. The maximum absolute atomic E-state index is 10.5. The van der Waals surface area contributed by atoms with E-state index in [4.69, 9.17) is 17.3 Å². The van der Waals surface area contributed by atoms with Crippen LogP contribution in [0, 0.1) is 0 Å². The lowest BCUT2D eigenvalue weighted by Gasteiger charge is -2.13. The molecule has 0 saturated heterocycles. The molecule has 1 unspecified atom stereocenters. The number of carboxylic acids is 1. The summed E-state index contributed by atoms with van der Waals surface area (Å²) in [5.41, 5.74) is 0.826. The van der Waals surface area contributed by atoms with E-state index in [9.17, 15) is 4.79 Å². The van der Waals surface area contributed by atoms with Gasteiger partial charge in [-0.1, -0.05) is 18.2 Å². The molecule has 0 spiro atoms. The molecule has 5 heteroatoms. The fourth-order valence-corrected chi connectivity index (χ4v) is 1.24. The van der Waals surface area contributed by atoms with Gasteiger partial charge in [-0.2, -0.15) is 0 Å². The van der Waals surface area contributed by atoms with Crippen molar-refractivity contribution in [2.75, 3.05) is 5.32 Å². The Labute approximate surface area is 93.3 Å². The fourth-order valence-electron chi connectivity index (χ4n) is 0.947. The molecular formula is C10H12N2O2S. The van der Waals surface area contributed by atoms with E-state index < -0.39 is 12.0 Å². The molecule has 0 aliphatic heterocycles. The molecule has 3 N–H and O–H groups in total. The van der Waals surface area contributed by atoms with Gasteiger partial charge in [0.25, 0.3) is 0 Å². The van der Waals surface area contributed by atoms with Crippen molar-refractivity contribution in [1.29, 1.82) is 0 Å². The van der Waals surface area contributed by atoms with Crippen molar-refractivity contribution in [3.63, 3.8) is 0 Å². The Kier molecular flexibility index (Phi) is 4.05. The molecule has 1 rings (SSSR count). The van der Waals surface area contributed by atoms with Crippen LogP contribution in [0.2, 0.25) is 0 Å². The molecule has 0 amide bonds. The first kappa shape index (κ1) is 11.5. The van der Waals surface area contributed by atoms with Crippen LogP contribution in [0.25, 0.3) is 0 Å². The molecular weight excluding hydrogens is 212 g/mol. The van der Waals surface area contributed by atoms with Gasteiger partial charge in [-0.3, -0.25) is 4.79 Å². The highest BCUT2D eigenvalue weighted by molar-refractivity contribution is 7.80. The SMILES string of the molecule is CC(NC(=S)Nc1ccccc1)C(=O)O. The highest BCUT2D eigenvalue weighted by Gasteiger charge is 2.11. The second kappa shape index (κ2) is 5.31. The third-order valence-electron chi connectivity index (χ3n) is 1.75. The molecule has 1 aromatic rings. The van der Waals surface area contributed by atoms with Crippen molar-refractivity contribution in [1.82, 2.24) is 5.32 Å². The Morgan fingerprint density at radius 1 is 1.40 bits per heavy atom. The van der Waals surface area contributed by atoms with Gasteiger partial charge in [0, 0.05) is 5.69 Å². The monoisotopic (exact) mass is 224 g/mol. The van der Waals surface area contributed by atoms with Gasteiger partial charge in [0.05, 0.1) is 0 Å². The summed E-state index contributed by atoms with van der Waals surface area (Å²) >= 11 is 4.95. The minimum Gasteiger partial charge on any atom is -0.480 e. The van der Waals surface area contributed by atoms with Gasteiger partial charge in [0.1, 0.15) is 6.04 Å². The number of thiocarbonyl (C=S) groups is 1. The minimum atomic E-state index is -0.938. The predicted octanol–water partition coefficient (Wildman–Crippen LogP) is 1.45. The number of carbonyl (C=O) groups is 1. The lowest BCUT2D eigenvalue weighted by atomic mass is 10.3. The Bertz CT molecular complexity index is 354. The zero-order valence-corrected chi connectivity index (χ0v) is 9.04. The number of para-hydroxylation sites is 1. The van der Waals surface area contributed by atoms with Crippen molar-refractivity contribution in [2.45, 2.75) is 13.0 Å². The first-order valence-corrected chi connectivity index (χ1v) is 4.86. The minimum absolute atomic E-state index is 0.302. The highest BCUT2D eigenvalue weighted by atomic mass is 32.1. The molecule has 0 aromatic heterocycles. The normalized spacial score (nSPS) is 11.5. The van der Waals surface area contributed by atoms with Crippen molar-refractivity contribution < 1.29 is 9.90 Å². The third-order valence-corrected chi connectivity index (χ3v) is 1.97. The molecule has 0 bridgehead atoms. The van der Waals surface area contributed by atoms with Crippen molar-refractivity contribution in [3.8, 4) is 0 Å². The number of carboxylic acid groups (broad SMARTS) is 1. The van der Waals surface area contributed by atoms with Crippen LogP contribution in [0.5, 0.6) is 0 Å². The van der Waals surface area contributed by atoms with Gasteiger partial charge in [0.15, 0.2) is 5.11 Å². The first-order chi connectivity index (χ1) is 7.09. The quantitative estimate of drug-likeness (QED) is 0.678. The lowest BCUT2D eigenvalue weighted by molar-refractivity contribution is -0.138. The van der Waals surface area contributed by atoms with Gasteiger partial charge in [-0.05, 0) is 31.3 Å². The van der Waals surface area contributed by atoms with Crippen LogP contribution in [0.1, 0.15) is 6.92 Å². The zero-order valence-electron chi connectivity index (χ0n) is 8.23. The molecule has 0 aliphatic carbocycles. The van der Waals surface area contributed by atoms with Crippen LogP contribution >= 0.6 is 12.2 Å². The molecule has 0 radical (unpaired) electrons. The average Bonchev–Trinajstić information content (AvgIpc) is 2.18. The van der Waals surface area contributed by atoms with Crippen LogP contribution in [0.15, 0.2) is 30.3 Å². The number of hydrogen-bond acceptors (Lipinski definition) is 2. The third kappa shape index (κ3) is 3.95. The van der Waals surface area contributed by atoms with Crippen LogP contribution in [-0.2, 0) is 4.79 Å². The number of hydrogen-bond donors (Lipinski definition) is 3. The van der Waals surface area contributed by atoms with Crippen molar-refractivity contribution in [2.24, 2.45) is 0 Å². The van der Waals surface area contributed by atoms with E-state index in [1.807, 2.05) is 30.3 Å². The van der Waals surface area contributed by atoms with Crippen LogP contribution in [0.4, 0.5) is 5.69 Å². The summed E-state index contributed by atoms with van der Waals surface area (Å²) in [4.78, 5) is 10.5. The summed E-state index contributed by atoms with van der Waals surface area (Å²) in [5.74, 6) is -0.938. The molecule has 0 aliphatic rings. The van der Waals surface area contributed by atoms with E-state index >= 15 is 0 Å². The van der Waals surface area contributed by atoms with Crippen LogP contribution in [0.3, 0.4) is 0 Å². The van der Waals surface area contributed by atoms with Gasteiger partial charge in [0.2, 0.25) is 0 Å². The van der Waals surface area contributed by atoms with Gasteiger partial charge >= 0.3 is 5.97 Å². The van der Waals surface area contributed by atoms with Gasteiger partial charge in [-0.15, -0.1) is 0 Å². The molecule has 4 nitrogen and oxygen atoms in total. The largest absolute Gasteiger partial charge is 0.480 e. The number of rotatable bonds is 3. The number of anilines is 1. The number of nitrogens with one attached hydrogen (secondary N) is 2. The summed E-state index contributed by atoms with van der Waals surface area (Å²) < 4.78 is 0. The van der Waals surface area contributed by atoms with Gasteiger partial charge in [-0.25, -0.2) is 0 Å². The molecule has 1 atom stereocenters. The van der Waals surface area contributed by atoms with Crippen molar-refractivity contribution in [3.05, 3.63) is 30.3 Å². The second-order valence-corrected chi connectivity index (χ2v) is 3.43. The lowest BCUT2D eigenvalue weighted by Crippen LogP contribution is -2.40. The van der Waals surface area contributed by atoms with E-state index in [-0.39, 0.29) is 0 Å². The van der Waals surface area contributed by atoms with E-state index in [0.29, 0.717) is 5.11 Å². The highest BCUT2D eigenvalue weighted by Crippen LogP contribution is 2.04. The number of benzene rings is 1. The van der Waals surface area contributed by atoms with E-state index in [2.05, 4.69) is 10.6 Å². The summed E-state index contributed by atoms with van der Waals surface area (Å²) in [6, 6.07) is 8.62. The summed E-state index contributed by atoms with van der Waals surface area (Å²) in [5, 5.41) is 14.5. The maximum Gasteiger partial charge on any atom is 0.325 e. The molecule has 0 heterocycles. The standard InChI is InChI=1S/C10H12N2O2S/c1-7(9(13)14)11-10(15)12-8-5-3-2-4-6-8/h2-7H,1H3,(H,13,14)(H2,11,12,15). The van der Waals surface area contributed by atoms with E-state index in [1.54, 1.807) is 0 Å². The Morgan fingerprint density at radius 3 is 2.53 bits per heavy atom. The number of aliphatic carboxylic acids is 1. The zero-order chi connectivity index (χ0) is 11.3. The van der Waals surface area contributed by atoms with E-state index in [1.165, 1.54) is 6.92 Å². The van der Waals surface area contributed by atoms with Crippen LogP contribution < -0.4 is 10.6 Å². The summed E-state index contributed by atoms with van der Waals surface area (Å²) in [6.07, 6.45) is 0. The molecule has 0 fully saturated rings. The first-order valence-electron chi connectivity index (χ1n) is 4.45. The maximum atomic E-state index is 10.5. The smallest absolute Gasteiger partial charge is 0.325 e. The topological polar surface area (TPSA) is 61.4 Å². The molecule has 15 heavy (non-hydrogen) atoms. The predicted molar refractivity (Wildman–Crippen MR) is 62.9 cm³/mol. The average molecular weight is 224 g/mol. The molecule has 0 saturated carbocycles. The summed E-state index contributed by atoms with van der Waals surface area (Å²) in [7, 11) is 0. The van der Waals surface area contributed by atoms with Crippen LogP contribution in [-0.4, -0.2) is 22.2 Å². The Hall–Kier alpha value is -1.62. The van der Waals surface area contributed by atoms with Crippen molar-refractivity contribution >= 4 is 29.0 Å². The molecule has 1 aromatic carbocycles. The van der Waals surface area contributed by atoms with Gasteiger partial charge < -0.3 is 15.7 Å². The Morgan fingerprint density at radius 2 is 2.00 bits per heavy atom. The summed E-state index contributed by atoms with van der Waals surface area (Å²) in [6.45, 7) is 1.53. The second-order valence-electron chi connectivity index (χ2n) is 3.02.